The molecular formula is C17H18ClFN2O2. The lowest BCUT2D eigenvalue weighted by Crippen LogP contribution is -2.29. The van der Waals surface area contributed by atoms with Crippen LogP contribution in [0.2, 0.25) is 5.02 Å². The summed E-state index contributed by atoms with van der Waals surface area (Å²) in [4.78, 5) is 11.8. The standard InChI is InChI=1S/C17H18ClFN2O2/c1-23-14-4-2-3-12(9-14)7-8-20-11-17(22)21-13-5-6-16(19)15(18)10-13/h2-6,9-10,20H,7-8,11H2,1H3,(H,21,22). The van der Waals surface area contributed by atoms with Crippen molar-refractivity contribution >= 4 is 23.2 Å². The van der Waals surface area contributed by atoms with E-state index in [9.17, 15) is 9.18 Å². The summed E-state index contributed by atoms with van der Waals surface area (Å²) < 4.78 is 18.2. The summed E-state index contributed by atoms with van der Waals surface area (Å²) >= 11 is 5.66. The normalized spacial score (nSPS) is 10.4. The number of hydrogen-bond donors (Lipinski definition) is 2. The first kappa shape index (κ1) is 17.2. The van der Waals surface area contributed by atoms with Crippen LogP contribution in [-0.2, 0) is 11.2 Å². The van der Waals surface area contributed by atoms with E-state index in [-0.39, 0.29) is 17.5 Å². The van der Waals surface area contributed by atoms with Crippen LogP contribution >= 0.6 is 11.6 Å². The summed E-state index contributed by atoms with van der Waals surface area (Å²) in [6.45, 7) is 0.823. The molecule has 0 aromatic heterocycles. The summed E-state index contributed by atoms with van der Waals surface area (Å²) in [6, 6.07) is 11.8. The second kappa shape index (κ2) is 8.50. The molecule has 0 heterocycles. The maximum atomic E-state index is 13.0. The van der Waals surface area contributed by atoms with Gasteiger partial charge in [-0.3, -0.25) is 4.79 Å². The number of amides is 1. The van der Waals surface area contributed by atoms with Gasteiger partial charge in [0.15, 0.2) is 0 Å². The molecule has 0 radical (unpaired) electrons. The molecule has 23 heavy (non-hydrogen) atoms. The topological polar surface area (TPSA) is 50.4 Å². The smallest absolute Gasteiger partial charge is 0.238 e. The Kier molecular flexibility index (Phi) is 6.38. The summed E-state index contributed by atoms with van der Waals surface area (Å²) in [5.41, 5.74) is 1.60. The zero-order chi connectivity index (χ0) is 16.7. The first-order valence-corrected chi connectivity index (χ1v) is 7.55. The van der Waals surface area contributed by atoms with Crippen LogP contribution in [-0.4, -0.2) is 26.1 Å². The van der Waals surface area contributed by atoms with Gasteiger partial charge < -0.3 is 15.4 Å². The Labute approximate surface area is 139 Å². The first-order valence-electron chi connectivity index (χ1n) is 7.17. The van der Waals surface area contributed by atoms with E-state index in [2.05, 4.69) is 10.6 Å². The Morgan fingerprint density at radius 2 is 2.09 bits per heavy atom. The van der Waals surface area contributed by atoms with Crippen molar-refractivity contribution in [3.63, 3.8) is 0 Å². The molecule has 0 spiro atoms. The highest BCUT2D eigenvalue weighted by Gasteiger charge is 2.05. The van der Waals surface area contributed by atoms with E-state index in [0.29, 0.717) is 12.2 Å². The number of benzene rings is 2. The van der Waals surface area contributed by atoms with E-state index in [4.69, 9.17) is 16.3 Å². The van der Waals surface area contributed by atoms with Crippen LogP contribution in [0.25, 0.3) is 0 Å². The molecule has 0 fully saturated rings. The number of nitrogens with one attached hydrogen (secondary N) is 2. The average Bonchev–Trinajstić information content (AvgIpc) is 2.55. The fraction of sp³-hybridized carbons (Fsp3) is 0.235. The Bertz CT molecular complexity index is 679. The van der Waals surface area contributed by atoms with Crippen LogP contribution in [0.15, 0.2) is 42.5 Å². The van der Waals surface area contributed by atoms with E-state index in [1.165, 1.54) is 18.2 Å². The molecule has 2 aromatic rings. The van der Waals surface area contributed by atoms with Crippen molar-refractivity contribution in [2.75, 3.05) is 25.5 Å². The molecule has 0 aliphatic rings. The molecule has 0 saturated heterocycles. The molecule has 0 aliphatic carbocycles. The molecule has 2 rings (SSSR count). The Hall–Kier alpha value is -2.11. The van der Waals surface area contributed by atoms with Crippen LogP contribution in [0.5, 0.6) is 5.75 Å². The molecule has 122 valence electrons. The molecule has 0 saturated carbocycles. The highest BCUT2D eigenvalue weighted by atomic mass is 35.5. The number of hydrogen-bond acceptors (Lipinski definition) is 3. The minimum Gasteiger partial charge on any atom is -0.497 e. The Morgan fingerprint density at radius 3 is 2.83 bits per heavy atom. The fourth-order valence-electron chi connectivity index (χ4n) is 2.04. The molecule has 0 bridgehead atoms. The van der Waals surface area contributed by atoms with E-state index in [1.807, 2.05) is 24.3 Å². The van der Waals surface area contributed by atoms with Crippen molar-refractivity contribution in [1.29, 1.82) is 0 Å². The predicted molar refractivity (Wildman–Crippen MR) is 89.6 cm³/mol. The quantitative estimate of drug-likeness (QED) is 0.763. The van der Waals surface area contributed by atoms with Gasteiger partial charge in [-0.25, -0.2) is 4.39 Å². The van der Waals surface area contributed by atoms with E-state index >= 15 is 0 Å². The van der Waals surface area contributed by atoms with Crippen LogP contribution in [0.4, 0.5) is 10.1 Å². The second-order valence-electron chi connectivity index (χ2n) is 4.96. The summed E-state index contributed by atoms with van der Waals surface area (Å²) in [7, 11) is 1.63. The molecular weight excluding hydrogens is 319 g/mol. The highest BCUT2D eigenvalue weighted by Crippen LogP contribution is 2.19. The third-order valence-electron chi connectivity index (χ3n) is 3.21. The SMILES string of the molecule is COc1cccc(CCNCC(=O)Nc2ccc(F)c(Cl)c2)c1. The monoisotopic (exact) mass is 336 g/mol. The van der Waals surface area contributed by atoms with Gasteiger partial charge in [-0.15, -0.1) is 0 Å². The third kappa shape index (κ3) is 5.54. The molecule has 0 atom stereocenters. The maximum absolute atomic E-state index is 13.0. The van der Waals surface area contributed by atoms with Gasteiger partial charge >= 0.3 is 0 Å². The largest absolute Gasteiger partial charge is 0.497 e. The van der Waals surface area contributed by atoms with Crippen LogP contribution in [0, 0.1) is 5.82 Å². The van der Waals surface area contributed by atoms with Crippen molar-refractivity contribution in [3.05, 3.63) is 58.9 Å². The van der Waals surface area contributed by atoms with Gasteiger partial charge in [-0.1, -0.05) is 23.7 Å². The average molecular weight is 337 g/mol. The van der Waals surface area contributed by atoms with Crippen molar-refractivity contribution in [2.24, 2.45) is 0 Å². The van der Waals surface area contributed by atoms with Crippen LogP contribution in [0.3, 0.4) is 0 Å². The minimum atomic E-state index is -0.513. The Balaban J connectivity index is 1.73. The number of rotatable bonds is 7. The van der Waals surface area contributed by atoms with Crippen molar-refractivity contribution < 1.29 is 13.9 Å². The highest BCUT2D eigenvalue weighted by molar-refractivity contribution is 6.31. The summed E-state index contributed by atoms with van der Waals surface area (Å²) in [6.07, 6.45) is 0.785. The van der Waals surface area contributed by atoms with Gasteiger partial charge in [0.05, 0.1) is 18.7 Å². The lowest BCUT2D eigenvalue weighted by Gasteiger charge is -2.08. The van der Waals surface area contributed by atoms with Crippen molar-refractivity contribution in [1.82, 2.24) is 5.32 Å². The number of ether oxygens (including phenoxy) is 1. The molecule has 2 aromatic carbocycles. The van der Waals surface area contributed by atoms with Gasteiger partial charge in [-0.2, -0.15) is 0 Å². The van der Waals surface area contributed by atoms with E-state index in [1.54, 1.807) is 7.11 Å². The fourth-order valence-corrected chi connectivity index (χ4v) is 2.22. The Morgan fingerprint density at radius 1 is 1.26 bits per heavy atom. The zero-order valence-corrected chi connectivity index (χ0v) is 13.5. The summed E-state index contributed by atoms with van der Waals surface area (Å²) in [5.74, 6) is 0.0906. The zero-order valence-electron chi connectivity index (χ0n) is 12.7. The number of methoxy groups -OCH3 is 1. The van der Waals surface area contributed by atoms with Crippen LogP contribution in [0.1, 0.15) is 5.56 Å². The number of carbonyl (C=O) groups is 1. The number of anilines is 1. The number of halogens is 2. The van der Waals surface area contributed by atoms with Crippen LogP contribution < -0.4 is 15.4 Å². The molecule has 4 nitrogen and oxygen atoms in total. The molecule has 6 heteroatoms. The lowest BCUT2D eigenvalue weighted by molar-refractivity contribution is -0.115. The van der Waals surface area contributed by atoms with Crippen molar-refractivity contribution in [2.45, 2.75) is 6.42 Å². The molecule has 0 aliphatic heterocycles. The molecule has 2 N–H and O–H groups in total. The van der Waals surface area contributed by atoms with Gasteiger partial charge in [0.1, 0.15) is 11.6 Å². The lowest BCUT2D eigenvalue weighted by atomic mass is 10.1. The van der Waals surface area contributed by atoms with Gasteiger partial charge in [-0.05, 0) is 48.9 Å². The van der Waals surface area contributed by atoms with Crippen molar-refractivity contribution in [3.8, 4) is 5.75 Å². The maximum Gasteiger partial charge on any atom is 0.238 e. The molecule has 0 unspecified atom stereocenters. The van der Waals surface area contributed by atoms with E-state index < -0.39 is 5.82 Å². The van der Waals surface area contributed by atoms with E-state index in [0.717, 1.165) is 17.7 Å². The minimum absolute atomic E-state index is 0.0196. The number of carbonyl (C=O) groups excluding carboxylic acids is 1. The molecule has 1 amide bonds. The third-order valence-corrected chi connectivity index (χ3v) is 3.50. The predicted octanol–water partition coefficient (Wildman–Crippen LogP) is 3.26. The first-order chi connectivity index (χ1) is 11.1. The second-order valence-corrected chi connectivity index (χ2v) is 5.36. The van der Waals surface area contributed by atoms with Gasteiger partial charge in [0.25, 0.3) is 0 Å². The van der Waals surface area contributed by atoms with Gasteiger partial charge in [0, 0.05) is 5.69 Å². The summed E-state index contributed by atoms with van der Waals surface area (Å²) in [5, 5.41) is 5.69. The van der Waals surface area contributed by atoms with Gasteiger partial charge in [0.2, 0.25) is 5.91 Å².